The summed E-state index contributed by atoms with van der Waals surface area (Å²) >= 11 is 1.56. The van der Waals surface area contributed by atoms with Crippen molar-refractivity contribution in [2.24, 2.45) is 5.92 Å². The molecule has 0 radical (unpaired) electrons. The van der Waals surface area contributed by atoms with Gasteiger partial charge in [-0.3, -0.25) is 4.98 Å². The van der Waals surface area contributed by atoms with Gasteiger partial charge in [-0.2, -0.15) is 4.98 Å². The zero-order valence-electron chi connectivity index (χ0n) is 20.9. The van der Waals surface area contributed by atoms with Crippen molar-refractivity contribution in [3.63, 3.8) is 0 Å². The number of nitrogens with zero attached hydrogens (tertiary/aromatic N) is 4. The predicted octanol–water partition coefficient (Wildman–Crippen LogP) is 2.87. The Labute approximate surface area is 219 Å². The molecule has 0 amide bonds. The first-order valence-corrected chi connectivity index (χ1v) is 15.8. The molecule has 0 saturated heterocycles. The van der Waals surface area contributed by atoms with Crippen LogP contribution in [0.1, 0.15) is 55.8 Å². The van der Waals surface area contributed by atoms with Gasteiger partial charge in [-0.1, -0.05) is 0 Å². The molecular formula is C25H32N6O4S2. The van der Waals surface area contributed by atoms with E-state index in [1.54, 1.807) is 11.3 Å². The Morgan fingerprint density at radius 3 is 2.54 bits per heavy atom. The third kappa shape index (κ3) is 5.04. The van der Waals surface area contributed by atoms with E-state index in [0.29, 0.717) is 30.1 Å². The molecule has 4 atom stereocenters. The average Bonchev–Trinajstić information content (AvgIpc) is 3.51. The van der Waals surface area contributed by atoms with Crippen LogP contribution in [-0.4, -0.2) is 74.9 Å². The summed E-state index contributed by atoms with van der Waals surface area (Å²) in [5, 5.41) is 28.9. The molecule has 12 heteroatoms. The van der Waals surface area contributed by atoms with Crippen LogP contribution in [0, 0.1) is 12.8 Å². The number of aryl methyl sites for hydroxylation is 1. The van der Waals surface area contributed by atoms with Gasteiger partial charge in [-0.15, -0.1) is 11.3 Å². The van der Waals surface area contributed by atoms with E-state index in [2.05, 4.69) is 15.6 Å². The smallest absolute Gasteiger partial charge is 0.225 e. The average molecular weight is 545 g/mol. The Morgan fingerprint density at radius 2 is 1.86 bits per heavy atom. The Balaban J connectivity index is 1.38. The third-order valence-electron chi connectivity index (χ3n) is 7.68. The highest BCUT2D eigenvalue weighted by Gasteiger charge is 2.43. The number of thiazole rings is 1. The second-order valence-electron chi connectivity index (χ2n) is 10.8. The Morgan fingerprint density at radius 1 is 1.08 bits per heavy atom. The summed E-state index contributed by atoms with van der Waals surface area (Å²) in [6.45, 7) is 1.92. The van der Waals surface area contributed by atoms with Gasteiger partial charge >= 0.3 is 0 Å². The number of rotatable bonds is 8. The Bertz CT molecular complexity index is 1440. The standard InChI is InChI=1S/C25H32N6O4S2/c1-12-18(24-30-20-17(36-24)8-9-26-19(20)13-6-7-13)23(31-25(27-12)28-15-4-3-5-15)29-16-10-14(11-37(2,34)35)21(32)22(16)33/h8-9,13-16,21-22,32-33H,3-7,10-11H2,1-2H3,(H2,27,28,29,31)/t14-,16?,21-,22+/m1/s1. The van der Waals surface area contributed by atoms with Gasteiger partial charge in [-0.05, 0) is 51.5 Å². The number of sulfone groups is 1. The van der Waals surface area contributed by atoms with E-state index in [1.807, 2.05) is 19.2 Å². The molecule has 0 bridgehead atoms. The molecule has 3 aliphatic rings. The molecule has 10 nitrogen and oxygen atoms in total. The minimum Gasteiger partial charge on any atom is -0.390 e. The molecule has 1 unspecified atom stereocenters. The maximum atomic E-state index is 11.9. The molecular weight excluding hydrogens is 512 g/mol. The highest BCUT2D eigenvalue weighted by molar-refractivity contribution is 7.90. The Kier molecular flexibility index (Phi) is 6.33. The summed E-state index contributed by atoms with van der Waals surface area (Å²) < 4.78 is 24.8. The number of fused-ring (bicyclic) bond motifs is 1. The summed E-state index contributed by atoms with van der Waals surface area (Å²) in [5.41, 5.74) is 3.45. The number of nitrogens with one attached hydrogen (secondary N) is 2. The van der Waals surface area contributed by atoms with Crippen molar-refractivity contribution in [1.82, 2.24) is 19.9 Å². The van der Waals surface area contributed by atoms with Crippen LogP contribution in [0.2, 0.25) is 0 Å². The quantitative estimate of drug-likeness (QED) is 0.333. The van der Waals surface area contributed by atoms with E-state index in [9.17, 15) is 18.6 Å². The monoisotopic (exact) mass is 544 g/mol. The molecule has 3 heterocycles. The van der Waals surface area contributed by atoms with E-state index in [4.69, 9.17) is 15.0 Å². The summed E-state index contributed by atoms with van der Waals surface area (Å²) in [5.74, 6) is 0.754. The minimum absolute atomic E-state index is 0.178. The molecule has 3 aromatic rings. The highest BCUT2D eigenvalue weighted by Crippen LogP contribution is 2.44. The normalized spacial score (nSPS) is 26.4. The lowest BCUT2D eigenvalue weighted by Crippen LogP contribution is -2.36. The van der Waals surface area contributed by atoms with Gasteiger partial charge < -0.3 is 20.8 Å². The highest BCUT2D eigenvalue weighted by atomic mass is 32.2. The van der Waals surface area contributed by atoms with Gasteiger partial charge in [0.2, 0.25) is 5.95 Å². The van der Waals surface area contributed by atoms with Gasteiger partial charge in [0.1, 0.15) is 32.3 Å². The molecule has 6 rings (SSSR count). The van der Waals surface area contributed by atoms with Crippen LogP contribution in [-0.2, 0) is 9.84 Å². The number of hydrogen-bond donors (Lipinski definition) is 4. The van der Waals surface area contributed by atoms with Crippen molar-refractivity contribution in [2.75, 3.05) is 22.6 Å². The van der Waals surface area contributed by atoms with E-state index in [-0.39, 0.29) is 5.75 Å². The molecule has 198 valence electrons. The fraction of sp³-hybridized carbons (Fsp3) is 0.600. The van der Waals surface area contributed by atoms with Crippen molar-refractivity contribution in [3.05, 3.63) is 23.7 Å². The topological polar surface area (TPSA) is 150 Å². The summed E-state index contributed by atoms with van der Waals surface area (Å²) in [6.07, 6.45) is 6.61. The maximum Gasteiger partial charge on any atom is 0.225 e. The molecule has 0 aromatic carbocycles. The van der Waals surface area contributed by atoms with Gasteiger partial charge in [-0.25, -0.2) is 18.4 Å². The van der Waals surface area contributed by atoms with Crippen LogP contribution in [0.5, 0.6) is 0 Å². The number of aliphatic hydroxyl groups excluding tert-OH is 2. The first-order chi connectivity index (χ1) is 17.7. The molecule has 4 N–H and O–H groups in total. The largest absolute Gasteiger partial charge is 0.390 e. The number of aromatic nitrogens is 4. The molecule has 3 aliphatic carbocycles. The molecule has 3 saturated carbocycles. The lowest BCUT2D eigenvalue weighted by atomic mass is 9.93. The van der Waals surface area contributed by atoms with Crippen molar-refractivity contribution in [1.29, 1.82) is 0 Å². The molecule has 37 heavy (non-hydrogen) atoms. The number of aliphatic hydroxyl groups is 2. The molecule has 0 aliphatic heterocycles. The second kappa shape index (κ2) is 9.40. The van der Waals surface area contributed by atoms with Gasteiger partial charge in [0.05, 0.1) is 39.5 Å². The fourth-order valence-corrected chi connectivity index (χ4v) is 7.55. The van der Waals surface area contributed by atoms with Crippen molar-refractivity contribution >= 4 is 43.2 Å². The number of hydrogen-bond acceptors (Lipinski definition) is 11. The SMILES string of the molecule is Cc1nc(NC2CCC2)nc(NC2C[C@H](CS(C)(=O)=O)[C@@H](O)[C@H]2O)c1-c1nc2c(C3CC3)nccc2s1. The zero-order chi connectivity index (χ0) is 25.9. The van der Waals surface area contributed by atoms with E-state index < -0.39 is 34.0 Å². The Hall–Kier alpha value is -2.41. The van der Waals surface area contributed by atoms with E-state index >= 15 is 0 Å². The number of anilines is 2. The van der Waals surface area contributed by atoms with Crippen LogP contribution >= 0.6 is 11.3 Å². The predicted molar refractivity (Wildman–Crippen MR) is 144 cm³/mol. The minimum atomic E-state index is -3.30. The van der Waals surface area contributed by atoms with E-state index in [1.165, 1.54) is 6.42 Å². The summed E-state index contributed by atoms with van der Waals surface area (Å²) in [7, 11) is -3.30. The summed E-state index contributed by atoms with van der Waals surface area (Å²) in [4.78, 5) is 19.1. The first-order valence-electron chi connectivity index (χ1n) is 12.9. The van der Waals surface area contributed by atoms with Crippen LogP contribution in [0.15, 0.2) is 12.3 Å². The van der Waals surface area contributed by atoms with E-state index in [0.717, 1.165) is 64.1 Å². The van der Waals surface area contributed by atoms with Gasteiger partial charge in [0.25, 0.3) is 0 Å². The molecule has 3 fully saturated rings. The maximum absolute atomic E-state index is 11.9. The van der Waals surface area contributed by atoms with Crippen molar-refractivity contribution < 1.29 is 18.6 Å². The lowest BCUT2D eigenvalue weighted by Gasteiger charge is -2.27. The molecule has 3 aromatic heterocycles. The van der Waals surface area contributed by atoms with Crippen molar-refractivity contribution in [3.8, 4) is 10.6 Å². The third-order valence-corrected chi connectivity index (χ3v) is 9.75. The van der Waals surface area contributed by atoms with Gasteiger partial charge in [0, 0.05) is 30.3 Å². The van der Waals surface area contributed by atoms with Crippen LogP contribution < -0.4 is 10.6 Å². The van der Waals surface area contributed by atoms with Crippen LogP contribution in [0.4, 0.5) is 11.8 Å². The van der Waals surface area contributed by atoms with Crippen molar-refractivity contribution in [2.45, 2.75) is 75.7 Å². The molecule has 0 spiro atoms. The summed E-state index contributed by atoms with van der Waals surface area (Å²) in [6, 6.07) is 1.75. The fourth-order valence-electron chi connectivity index (χ4n) is 5.37. The number of pyridine rings is 1. The second-order valence-corrected chi connectivity index (χ2v) is 14.0. The zero-order valence-corrected chi connectivity index (χ0v) is 22.5. The van der Waals surface area contributed by atoms with Gasteiger partial charge in [0.15, 0.2) is 0 Å². The first kappa shape index (κ1) is 24.9. The lowest BCUT2D eigenvalue weighted by molar-refractivity contribution is 0.0216. The van der Waals surface area contributed by atoms with Crippen LogP contribution in [0.25, 0.3) is 20.8 Å². The van der Waals surface area contributed by atoms with Crippen LogP contribution in [0.3, 0.4) is 0 Å².